The molecule has 1 saturated heterocycles. The van der Waals surface area contributed by atoms with Crippen molar-refractivity contribution in [1.82, 2.24) is 25.3 Å². The molecule has 0 amide bonds. The van der Waals surface area contributed by atoms with Crippen molar-refractivity contribution < 1.29 is 0 Å². The molecular formula is C15H29N5. The Kier molecular flexibility index (Phi) is 4.83. The zero-order valence-corrected chi connectivity index (χ0v) is 13.6. The van der Waals surface area contributed by atoms with Crippen LogP contribution in [0.1, 0.15) is 30.8 Å². The standard InChI is InChI=1S/C15H29N5/c1-12-14(13(2)18-17-12)10-16-11-15(3,4)20-8-6-19(5)7-9-20/h16H,6-11H2,1-5H3,(H,17,18). The van der Waals surface area contributed by atoms with E-state index in [2.05, 4.69) is 60.1 Å². The third-order valence-corrected chi connectivity index (χ3v) is 4.50. The maximum Gasteiger partial charge on any atom is 0.0638 e. The lowest BCUT2D eigenvalue weighted by molar-refractivity contribution is 0.0618. The number of aromatic nitrogens is 2. The van der Waals surface area contributed by atoms with Gasteiger partial charge in [-0.3, -0.25) is 10.00 Å². The molecule has 5 heteroatoms. The molecule has 0 radical (unpaired) electrons. The Morgan fingerprint density at radius 1 is 1.20 bits per heavy atom. The van der Waals surface area contributed by atoms with Gasteiger partial charge in [-0.2, -0.15) is 5.10 Å². The Balaban J connectivity index is 1.83. The average molecular weight is 279 g/mol. The summed E-state index contributed by atoms with van der Waals surface area (Å²) >= 11 is 0. The van der Waals surface area contributed by atoms with Crippen molar-refractivity contribution in [3.63, 3.8) is 0 Å². The van der Waals surface area contributed by atoms with Crippen LogP contribution in [-0.4, -0.2) is 65.3 Å². The Morgan fingerprint density at radius 3 is 2.40 bits per heavy atom. The van der Waals surface area contributed by atoms with Gasteiger partial charge in [0.1, 0.15) is 0 Å². The monoisotopic (exact) mass is 279 g/mol. The van der Waals surface area contributed by atoms with Crippen molar-refractivity contribution in [1.29, 1.82) is 0 Å². The quantitative estimate of drug-likeness (QED) is 0.848. The second-order valence-electron chi connectivity index (χ2n) is 6.62. The summed E-state index contributed by atoms with van der Waals surface area (Å²) in [5.41, 5.74) is 3.78. The minimum absolute atomic E-state index is 0.201. The number of rotatable bonds is 5. The summed E-state index contributed by atoms with van der Waals surface area (Å²) in [6.45, 7) is 15.4. The van der Waals surface area contributed by atoms with Crippen LogP contribution < -0.4 is 5.32 Å². The van der Waals surface area contributed by atoms with E-state index in [0.717, 1.165) is 31.9 Å². The maximum atomic E-state index is 4.25. The van der Waals surface area contributed by atoms with Crippen LogP contribution in [-0.2, 0) is 6.54 Å². The molecule has 1 aliphatic rings. The van der Waals surface area contributed by atoms with Crippen molar-refractivity contribution in [3.8, 4) is 0 Å². The number of hydrogen-bond donors (Lipinski definition) is 2. The molecule has 20 heavy (non-hydrogen) atoms. The third-order valence-electron chi connectivity index (χ3n) is 4.50. The number of aryl methyl sites for hydroxylation is 2. The molecule has 0 unspecified atom stereocenters. The lowest BCUT2D eigenvalue weighted by Crippen LogP contribution is -2.57. The van der Waals surface area contributed by atoms with Gasteiger partial charge in [-0.15, -0.1) is 0 Å². The summed E-state index contributed by atoms with van der Waals surface area (Å²) in [5.74, 6) is 0. The highest BCUT2D eigenvalue weighted by atomic mass is 15.3. The first-order valence-electron chi connectivity index (χ1n) is 7.55. The molecular weight excluding hydrogens is 250 g/mol. The third kappa shape index (κ3) is 3.59. The second-order valence-corrected chi connectivity index (χ2v) is 6.62. The first kappa shape index (κ1) is 15.5. The molecule has 2 heterocycles. The number of likely N-dealkylation sites (N-methyl/N-ethyl adjacent to an activating group) is 1. The zero-order valence-electron chi connectivity index (χ0n) is 13.6. The highest BCUT2D eigenvalue weighted by molar-refractivity contribution is 5.22. The molecule has 0 aromatic carbocycles. The molecule has 1 aliphatic heterocycles. The molecule has 2 N–H and O–H groups in total. The molecule has 0 spiro atoms. The predicted octanol–water partition coefficient (Wildman–Crippen LogP) is 1.14. The normalized spacial score (nSPS) is 18.6. The fraction of sp³-hybridized carbons (Fsp3) is 0.800. The van der Waals surface area contributed by atoms with Crippen molar-refractivity contribution in [2.75, 3.05) is 39.8 Å². The predicted molar refractivity (Wildman–Crippen MR) is 82.9 cm³/mol. The van der Waals surface area contributed by atoms with E-state index in [-0.39, 0.29) is 5.54 Å². The lowest BCUT2D eigenvalue weighted by atomic mass is 10.0. The van der Waals surface area contributed by atoms with Gasteiger partial charge < -0.3 is 10.2 Å². The van der Waals surface area contributed by atoms with Gasteiger partial charge in [0, 0.05) is 56.1 Å². The van der Waals surface area contributed by atoms with Crippen LogP contribution in [0.15, 0.2) is 0 Å². The maximum absolute atomic E-state index is 4.25. The number of piperazine rings is 1. The Hall–Kier alpha value is -0.910. The molecule has 1 aromatic heterocycles. The lowest BCUT2D eigenvalue weighted by Gasteiger charge is -2.43. The molecule has 0 saturated carbocycles. The van der Waals surface area contributed by atoms with Gasteiger partial charge in [0.25, 0.3) is 0 Å². The van der Waals surface area contributed by atoms with Crippen LogP contribution >= 0.6 is 0 Å². The summed E-state index contributed by atoms with van der Waals surface area (Å²) in [7, 11) is 2.20. The van der Waals surface area contributed by atoms with Crippen molar-refractivity contribution in [2.45, 2.75) is 39.8 Å². The molecule has 0 atom stereocenters. The van der Waals surface area contributed by atoms with E-state index in [4.69, 9.17) is 0 Å². The zero-order chi connectivity index (χ0) is 14.8. The number of aromatic amines is 1. The van der Waals surface area contributed by atoms with Gasteiger partial charge in [-0.25, -0.2) is 0 Å². The van der Waals surface area contributed by atoms with E-state index in [1.165, 1.54) is 24.3 Å². The minimum Gasteiger partial charge on any atom is -0.311 e. The van der Waals surface area contributed by atoms with Crippen LogP contribution in [0, 0.1) is 13.8 Å². The van der Waals surface area contributed by atoms with Gasteiger partial charge >= 0.3 is 0 Å². The number of H-pyrrole nitrogens is 1. The topological polar surface area (TPSA) is 47.2 Å². The van der Waals surface area contributed by atoms with Crippen molar-refractivity contribution >= 4 is 0 Å². The SMILES string of the molecule is Cc1n[nH]c(C)c1CNCC(C)(C)N1CCN(C)CC1. The molecule has 2 rings (SSSR count). The fourth-order valence-corrected chi connectivity index (χ4v) is 2.85. The summed E-state index contributed by atoms with van der Waals surface area (Å²) in [5, 5.41) is 10.9. The molecule has 1 aromatic rings. The van der Waals surface area contributed by atoms with Gasteiger partial charge in [-0.05, 0) is 34.7 Å². The van der Waals surface area contributed by atoms with E-state index < -0.39 is 0 Å². The van der Waals surface area contributed by atoms with Gasteiger partial charge in [0.15, 0.2) is 0 Å². The van der Waals surface area contributed by atoms with Crippen LogP contribution in [0.4, 0.5) is 0 Å². The van der Waals surface area contributed by atoms with Gasteiger partial charge in [0.2, 0.25) is 0 Å². The van der Waals surface area contributed by atoms with Gasteiger partial charge in [0.05, 0.1) is 5.69 Å². The first-order chi connectivity index (χ1) is 9.40. The average Bonchev–Trinajstić information content (AvgIpc) is 2.71. The highest BCUT2D eigenvalue weighted by Crippen LogP contribution is 2.16. The molecule has 5 nitrogen and oxygen atoms in total. The summed E-state index contributed by atoms with van der Waals surface area (Å²) in [6.07, 6.45) is 0. The fourth-order valence-electron chi connectivity index (χ4n) is 2.85. The number of hydrogen-bond acceptors (Lipinski definition) is 4. The van der Waals surface area contributed by atoms with Crippen LogP contribution in [0.2, 0.25) is 0 Å². The van der Waals surface area contributed by atoms with E-state index >= 15 is 0 Å². The second kappa shape index (κ2) is 6.24. The summed E-state index contributed by atoms with van der Waals surface area (Å²) in [6, 6.07) is 0. The molecule has 0 bridgehead atoms. The molecule has 0 aliphatic carbocycles. The Labute approximate surface area is 122 Å². The van der Waals surface area contributed by atoms with Crippen LogP contribution in [0.25, 0.3) is 0 Å². The first-order valence-corrected chi connectivity index (χ1v) is 7.55. The summed E-state index contributed by atoms with van der Waals surface area (Å²) < 4.78 is 0. The van der Waals surface area contributed by atoms with Crippen molar-refractivity contribution in [2.24, 2.45) is 0 Å². The van der Waals surface area contributed by atoms with E-state index in [1.54, 1.807) is 0 Å². The minimum atomic E-state index is 0.201. The van der Waals surface area contributed by atoms with Crippen LogP contribution in [0.3, 0.4) is 0 Å². The molecule has 1 fully saturated rings. The Bertz CT molecular complexity index is 410. The molecule has 114 valence electrons. The Morgan fingerprint density at radius 2 is 1.85 bits per heavy atom. The smallest absolute Gasteiger partial charge is 0.0638 e. The van der Waals surface area contributed by atoms with Gasteiger partial charge in [-0.1, -0.05) is 0 Å². The number of nitrogens with one attached hydrogen (secondary N) is 2. The van der Waals surface area contributed by atoms with E-state index in [1.807, 2.05) is 0 Å². The largest absolute Gasteiger partial charge is 0.311 e. The van der Waals surface area contributed by atoms with E-state index in [9.17, 15) is 0 Å². The summed E-state index contributed by atoms with van der Waals surface area (Å²) in [4.78, 5) is 4.99. The number of nitrogens with zero attached hydrogens (tertiary/aromatic N) is 3. The highest BCUT2D eigenvalue weighted by Gasteiger charge is 2.28. The van der Waals surface area contributed by atoms with E-state index in [0.29, 0.717) is 0 Å². The van der Waals surface area contributed by atoms with Crippen LogP contribution in [0.5, 0.6) is 0 Å². The van der Waals surface area contributed by atoms with Crippen molar-refractivity contribution in [3.05, 3.63) is 17.0 Å².